The van der Waals surface area contributed by atoms with E-state index in [1.165, 1.54) is 17.9 Å². The number of ether oxygens (including phenoxy) is 2. The van der Waals surface area contributed by atoms with Crippen LogP contribution in [0.1, 0.15) is 28.3 Å². The number of nitrogens with zero attached hydrogens (tertiary/aromatic N) is 2. The Labute approximate surface area is 227 Å². The van der Waals surface area contributed by atoms with Gasteiger partial charge in [0, 0.05) is 12.7 Å². The van der Waals surface area contributed by atoms with E-state index >= 15 is 0 Å². The second-order valence-corrected chi connectivity index (χ2v) is 9.15. The normalized spacial score (nSPS) is 11.9. The molecule has 5 rings (SSSR count). The molecule has 0 aliphatic heterocycles. The van der Waals surface area contributed by atoms with E-state index in [9.17, 15) is 19.5 Å². The van der Waals surface area contributed by atoms with E-state index in [1.54, 1.807) is 67.2 Å². The zero-order chi connectivity index (χ0) is 28.6. The molecule has 0 bridgehead atoms. The molecule has 0 saturated carbocycles. The molecule has 3 aromatic carbocycles. The number of aromatic hydroxyl groups is 1. The zero-order valence-electron chi connectivity index (χ0n) is 22.0. The summed E-state index contributed by atoms with van der Waals surface area (Å²) in [7, 11) is 3.12. The van der Waals surface area contributed by atoms with Crippen molar-refractivity contribution < 1.29 is 28.9 Å². The van der Waals surface area contributed by atoms with Gasteiger partial charge in [0.15, 0.2) is 18.1 Å². The third-order valence-electron chi connectivity index (χ3n) is 6.87. The first-order valence-corrected chi connectivity index (χ1v) is 12.3. The second kappa shape index (κ2) is 10.5. The Morgan fingerprint density at radius 3 is 2.38 bits per heavy atom. The van der Waals surface area contributed by atoms with Gasteiger partial charge in [-0.15, -0.1) is 0 Å². The maximum atomic E-state index is 14.1. The number of aromatic nitrogens is 2. The summed E-state index contributed by atoms with van der Waals surface area (Å²) >= 11 is 0. The summed E-state index contributed by atoms with van der Waals surface area (Å²) in [6.45, 7) is 1.16. The summed E-state index contributed by atoms with van der Waals surface area (Å²) in [6.07, 6.45) is 0. The third kappa shape index (κ3) is 4.49. The largest absolute Gasteiger partial charge is 0.507 e. The van der Waals surface area contributed by atoms with Gasteiger partial charge in [-0.2, -0.15) is 0 Å². The molecule has 0 fully saturated rings. The molecule has 5 aromatic rings. The van der Waals surface area contributed by atoms with Crippen LogP contribution in [0.25, 0.3) is 16.7 Å². The fraction of sp³-hybridized carbons (Fsp3) is 0.167. The van der Waals surface area contributed by atoms with Crippen LogP contribution in [0.3, 0.4) is 0 Å². The van der Waals surface area contributed by atoms with Gasteiger partial charge >= 0.3 is 11.6 Å². The van der Waals surface area contributed by atoms with Gasteiger partial charge in [0.1, 0.15) is 11.3 Å². The van der Waals surface area contributed by atoms with Crippen LogP contribution in [-0.2, 0) is 11.8 Å². The van der Waals surface area contributed by atoms with Crippen molar-refractivity contribution in [2.45, 2.75) is 12.8 Å². The highest BCUT2D eigenvalue weighted by atomic mass is 16.5. The highest BCUT2D eigenvalue weighted by molar-refractivity contribution is 5.84. The highest BCUT2D eigenvalue weighted by Gasteiger charge is 2.33. The topological polar surface area (TPSA) is 133 Å². The summed E-state index contributed by atoms with van der Waals surface area (Å²) in [4.78, 5) is 38.6. The summed E-state index contributed by atoms with van der Waals surface area (Å²) in [5, 5.41) is 20.8. The first-order valence-electron chi connectivity index (χ1n) is 12.3. The van der Waals surface area contributed by atoms with Crippen molar-refractivity contribution in [1.82, 2.24) is 9.36 Å². The first kappa shape index (κ1) is 26.4. The SMILES string of the molecule is COc1cc([C@H](c2c(O)c3ccccc3oc2=O)c2c(C)n(C)n(-c3ccccc3)c2=O)ccc1OCC(=O)O. The number of hydrogen-bond acceptors (Lipinski definition) is 7. The summed E-state index contributed by atoms with van der Waals surface area (Å²) in [6, 6.07) is 20.3. The lowest BCUT2D eigenvalue weighted by atomic mass is 9.84. The number of hydrogen-bond donors (Lipinski definition) is 2. The lowest BCUT2D eigenvalue weighted by Crippen LogP contribution is -2.24. The molecular weight excluding hydrogens is 516 g/mol. The average molecular weight is 543 g/mol. The Hall–Kier alpha value is -5.25. The van der Waals surface area contributed by atoms with E-state index in [4.69, 9.17) is 19.0 Å². The molecule has 10 nitrogen and oxygen atoms in total. The molecule has 40 heavy (non-hydrogen) atoms. The fourth-order valence-electron chi connectivity index (χ4n) is 4.92. The predicted octanol–water partition coefficient (Wildman–Crippen LogP) is 3.95. The summed E-state index contributed by atoms with van der Waals surface area (Å²) in [5.74, 6) is -2.20. The predicted molar refractivity (Wildman–Crippen MR) is 147 cm³/mol. The van der Waals surface area contributed by atoms with Gasteiger partial charge < -0.3 is 24.1 Å². The minimum absolute atomic E-state index is 0.119. The molecule has 2 N–H and O–H groups in total. The molecule has 2 heterocycles. The number of carboxylic acids is 1. The number of carbonyl (C=O) groups is 1. The van der Waals surface area contributed by atoms with Gasteiger partial charge in [0.2, 0.25) is 0 Å². The molecular formula is C30H26N2O8. The monoisotopic (exact) mass is 542 g/mol. The van der Waals surface area contributed by atoms with Crippen LogP contribution in [0.2, 0.25) is 0 Å². The Balaban J connectivity index is 1.82. The van der Waals surface area contributed by atoms with Crippen LogP contribution >= 0.6 is 0 Å². The minimum atomic E-state index is -1.16. The quantitative estimate of drug-likeness (QED) is 0.282. The minimum Gasteiger partial charge on any atom is -0.507 e. The van der Waals surface area contributed by atoms with Crippen molar-refractivity contribution >= 4 is 16.9 Å². The number of aliphatic carboxylic acids is 1. The lowest BCUT2D eigenvalue weighted by Gasteiger charge is -2.20. The Bertz CT molecular complexity index is 1850. The molecule has 0 saturated heterocycles. The number of carboxylic acid groups (broad SMARTS) is 1. The third-order valence-corrected chi connectivity index (χ3v) is 6.87. The van der Waals surface area contributed by atoms with E-state index in [-0.39, 0.29) is 34.0 Å². The maximum Gasteiger partial charge on any atom is 0.344 e. The van der Waals surface area contributed by atoms with Crippen molar-refractivity contribution in [3.8, 4) is 22.9 Å². The summed E-state index contributed by atoms with van der Waals surface area (Å²) in [5.41, 5.74) is 0.714. The van der Waals surface area contributed by atoms with Gasteiger partial charge in [-0.25, -0.2) is 14.3 Å². The van der Waals surface area contributed by atoms with Crippen LogP contribution in [0.4, 0.5) is 0 Å². The van der Waals surface area contributed by atoms with Crippen molar-refractivity contribution in [1.29, 1.82) is 0 Å². The van der Waals surface area contributed by atoms with Crippen LogP contribution < -0.4 is 20.7 Å². The standard InChI is InChI=1S/C30H26N2O8/c1-17-25(29(36)32(31(17)2)19-9-5-4-6-10-19)26(18-13-14-22(23(15-18)38-3)39-16-24(33)34)27-28(35)20-11-7-8-12-21(20)40-30(27)37/h4-15,26,35H,16H2,1-3H3,(H,33,34)/t26-/m0/s1. The Morgan fingerprint density at radius 2 is 1.68 bits per heavy atom. The van der Waals surface area contributed by atoms with Crippen molar-refractivity contribution in [2.24, 2.45) is 7.05 Å². The molecule has 0 spiro atoms. The van der Waals surface area contributed by atoms with Crippen LogP contribution in [0, 0.1) is 6.92 Å². The molecule has 1 atom stereocenters. The fourth-order valence-corrected chi connectivity index (χ4v) is 4.92. The lowest BCUT2D eigenvalue weighted by molar-refractivity contribution is -0.139. The van der Waals surface area contributed by atoms with E-state index < -0.39 is 29.7 Å². The van der Waals surface area contributed by atoms with Crippen LogP contribution in [-0.4, -0.2) is 39.3 Å². The number of benzene rings is 3. The molecule has 2 aromatic heterocycles. The molecule has 0 radical (unpaired) electrons. The van der Waals surface area contributed by atoms with Gasteiger partial charge in [-0.05, 0) is 48.9 Å². The van der Waals surface area contributed by atoms with Crippen molar-refractivity contribution in [3.63, 3.8) is 0 Å². The van der Waals surface area contributed by atoms with Gasteiger partial charge in [-0.1, -0.05) is 36.4 Å². The van der Waals surface area contributed by atoms with Crippen molar-refractivity contribution in [2.75, 3.05) is 13.7 Å². The first-order chi connectivity index (χ1) is 19.2. The van der Waals surface area contributed by atoms with Gasteiger partial charge in [0.25, 0.3) is 5.56 Å². The molecule has 0 aliphatic carbocycles. The highest BCUT2D eigenvalue weighted by Crippen LogP contribution is 2.41. The van der Waals surface area contributed by atoms with E-state index in [0.717, 1.165) is 0 Å². The number of fused-ring (bicyclic) bond motifs is 1. The smallest absolute Gasteiger partial charge is 0.344 e. The van der Waals surface area contributed by atoms with Crippen LogP contribution in [0.5, 0.6) is 17.2 Å². The Morgan fingerprint density at radius 1 is 0.975 bits per heavy atom. The van der Waals surface area contributed by atoms with E-state index in [1.807, 2.05) is 18.2 Å². The number of para-hydroxylation sites is 2. The average Bonchev–Trinajstić information content (AvgIpc) is 3.17. The summed E-state index contributed by atoms with van der Waals surface area (Å²) < 4.78 is 19.6. The van der Waals surface area contributed by atoms with Gasteiger partial charge in [-0.3, -0.25) is 9.48 Å². The Kier molecular flexibility index (Phi) is 6.91. The second-order valence-electron chi connectivity index (χ2n) is 9.15. The molecule has 0 unspecified atom stereocenters. The number of rotatable bonds is 8. The molecule has 0 aliphatic rings. The van der Waals surface area contributed by atoms with E-state index in [2.05, 4.69) is 0 Å². The zero-order valence-corrected chi connectivity index (χ0v) is 22.0. The molecule has 10 heteroatoms. The van der Waals surface area contributed by atoms with Gasteiger partial charge in [0.05, 0.1) is 35.2 Å². The van der Waals surface area contributed by atoms with E-state index in [0.29, 0.717) is 22.3 Å². The maximum absolute atomic E-state index is 14.1. The van der Waals surface area contributed by atoms with Crippen LogP contribution in [0.15, 0.2) is 86.8 Å². The molecule has 204 valence electrons. The number of methoxy groups -OCH3 is 1. The van der Waals surface area contributed by atoms with Crippen molar-refractivity contribution in [3.05, 3.63) is 116 Å². The molecule has 0 amide bonds.